The number of fused-ring (bicyclic) bond motifs is 5. The van der Waals surface area contributed by atoms with E-state index in [1.807, 2.05) is 0 Å². The molecular formula is C58H46N2O. The standard InChI is InChI=1S/C58H46N2O/c1-2-10-40(11-3-1)41-18-24-46(25-19-41)59(49-30-31-53-57(37-49)61-56-17-9-6-14-52(56)58(53)44-33-38-32-39(35-44)36-45(58)34-38)47-26-20-42(21-27-47)43-22-28-48(29-23-43)60-54-15-7-4-12-50(54)51-13-5-8-16-55(51)60/h1-31,37-39,44-45H,32-36H2. The van der Waals surface area contributed by atoms with E-state index < -0.39 is 0 Å². The average molecular weight is 787 g/mol. The van der Waals surface area contributed by atoms with Crippen molar-refractivity contribution in [2.75, 3.05) is 4.90 Å². The van der Waals surface area contributed by atoms with Crippen LogP contribution >= 0.6 is 0 Å². The van der Waals surface area contributed by atoms with Crippen LogP contribution in [0.4, 0.5) is 17.1 Å². The normalized spacial score (nSPS) is 22.0. The molecule has 1 aliphatic heterocycles. The molecule has 294 valence electrons. The highest BCUT2D eigenvalue weighted by Crippen LogP contribution is 2.69. The molecule has 3 heteroatoms. The number of anilines is 3. The van der Waals surface area contributed by atoms with E-state index in [2.05, 4.69) is 204 Å². The van der Waals surface area contributed by atoms with Crippen molar-refractivity contribution in [1.82, 2.24) is 4.57 Å². The number of nitrogens with zero attached hydrogens (tertiary/aromatic N) is 2. The highest BCUT2D eigenvalue weighted by Gasteiger charge is 2.61. The molecule has 8 aromatic carbocycles. The Morgan fingerprint density at radius 3 is 1.49 bits per heavy atom. The second-order valence-corrected chi connectivity index (χ2v) is 18.2. The summed E-state index contributed by atoms with van der Waals surface area (Å²) >= 11 is 0. The Morgan fingerprint density at radius 1 is 0.410 bits per heavy atom. The number of hydrogen-bond acceptors (Lipinski definition) is 2. The SMILES string of the molecule is c1ccc(-c2ccc(N(c3ccc(-c4ccc(-n5c6ccccc6c6ccccc65)cc4)cc3)c3ccc4c(c3)Oc3ccccc3C43C4CC5CC(C4)CC3C5)cc2)cc1. The Bertz CT molecular complexity index is 3020. The molecule has 5 aliphatic rings. The van der Waals surface area contributed by atoms with Crippen LogP contribution in [-0.4, -0.2) is 4.57 Å². The van der Waals surface area contributed by atoms with Gasteiger partial charge in [-0.05, 0) is 139 Å². The largest absolute Gasteiger partial charge is 0.457 e. The summed E-state index contributed by atoms with van der Waals surface area (Å²) < 4.78 is 9.36. The Labute approximate surface area is 357 Å². The molecule has 14 rings (SSSR count). The first kappa shape index (κ1) is 35.0. The fraction of sp³-hybridized carbons (Fsp3) is 0.172. The van der Waals surface area contributed by atoms with Crippen molar-refractivity contribution in [3.8, 4) is 39.4 Å². The Kier molecular flexibility index (Phi) is 7.79. The molecular weight excluding hydrogens is 741 g/mol. The average Bonchev–Trinajstić information content (AvgIpc) is 3.65. The Morgan fingerprint density at radius 2 is 0.885 bits per heavy atom. The number of benzene rings is 8. The van der Waals surface area contributed by atoms with Gasteiger partial charge in [-0.2, -0.15) is 0 Å². The van der Waals surface area contributed by atoms with E-state index in [-0.39, 0.29) is 5.41 Å². The third kappa shape index (κ3) is 5.36. The van der Waals surface area contributed by atoms with Crippen molar-refractivity contribution in [3.63, 3.8) is 0 Å². The van der Waals surface area contributed by atoms with Crippen LogP contribution in [-0.2, 0) is 5.41 Å². The third-order valence-corrected chi connectivity index (χ3v) is 15.0. The summed E-state index contributed by atoms with van der Waals surface area (Å²) in [5, 5.41) is 2.55. The molecule has 4 saturated carbocycles. The molecule has 4 fully saturated rings. The van der Waals surface area contributed by atoms with Crippen molar-refractivity contribution in [2.24, 2.45) is 23.7 Å². The first-order valence-corrected chi connectivity index (χ1v) is 22.3. The zero-order valence-corrected chi connectivity index (χ0v) is 34.1. The van der Waals surface area contributed by atoms with Gasteiger partial charge in [0.2, 0.25) is 0 Å². The van der Waals surface area contributed by atoms with E-state index in [0.717, 1.165) is 46.1 Å². The molecule has 0 N–H and O–H groups in total. The van der Waals surface area contributed by atoms with E-state index in [1.165, 1.54) is 87.3 Å². The zero-order valence-electron chi connectivity index (χ0n) is 34.1. The topological polar surface area (TPSA) is 17.4 Å². The first-order chi connectivity index (χ1) is 30.2. The monoisotopic (exact) mass is 786 g/mol. The van der Waals surface area contributed by atoms with Crippen LogP contribution in [0, 0.1) is 23.7 Å². The molecule has 0 amide bonds. The predicted molar refractivity (Wildman–Crippen MR) is 251 cm³/mol. The minimum absolute atomic E-state index is 0.0248. The van der Waals surface area contributed by atoms with E-state index >= 15 is 0 Å². The Balaban J connectivity index is 0.890. The lowest BCUT2D eigenvalue weighted by atomic mass is 9.42. The Hall–Kier alpha value is -6.84. The van der Waals surface area contributed by atoms with Crippen molar-refractivity contribution in [2.45, 2.75) is 37.5 Å². The minimum atomic E-state index is 0.0248. The molecule has 0 unspecified atom stereocenters. The number of ether oxygens (including phenoxy) is 1. The van der Waals surface area contributed by atoms with Crippen molar-refractivity contribution >= 4 is 38.9 Å². The van der Waals surface area contributed by atoms with Crippen molar-refractivity contribution in [3.05, 3.63) is 205 Å². The van der Waals surface area contributed by atoms with Gasteiger partial charge in [0.1, 0.15) is 11.5 Å². The van der Waals surface area contributed by atoms with Crippen LogP contribution < -0.4 is 9.64 Å². The highest BCUT2D eigenvalue weighted by atomic mass is 16.5. The minimum Gasteiger partial charge on any atom is -0.457 e. The van der Waals surface area contributed by atoms with Gasteiger partial charge in [0, 0.05) is 56.1 Å². The number of hydrogen-bond donors (Lipinski definition) is 0. The smallest absolute Gasteiger partial charge is 0.133 e. The number of para-hydroxylation sites is 3. The molecule has 1 aromatic heterocycles. The molecule has 1 spiro atoms. The first-order valence-electron chi connectivity index (χ1n) is 22.3. The summed E-state index contributed by atoms with van der Waals surface area (Å²) in [4.78, 5) is 2.40. The fourth-order valence-electron chi connectivity index (χ4n) is 12.7. The number of rotatable bonds is 6. The van der Waals surface area contributed by atoms with E-state index in [9.17, 15) is 0 Å². The van der Waals surface area contributed by atoms with Gasteiger partial charge in [-0.1, -0.05) is 127 Å². The van der Waals surface area contributed by atoms with Gasteiger partial charge in [-0.25, -0.2) is 0 Å². The summed E-state index contributed by atoms with van der Waals surface area (Å²) in [5.74, 6) is 5.19. The summed E-state index contributed by atoms with van der Waals surface area (Å²) in [6, 6.07) is 71.3. The zero-order chi connectivity index (χ0) is 40.1. The second kappa shape index (κ2) is 13.6. The van der Waals surface area contributed by atoms with Crippen LogP contribution in [0.25, 0.3) is 49.7 Å². The van der Waals surface area contributed by atoms with Gasteiger partial charge in [0.25, 0.3) is 0 Å². The van der Waals surface area contributed by atoms with Gasteiger partial charge < -0.3 is 14.2 Å². The maximum absolute atomic E-state index is 6.98. The molecule has 9 aromatic rings. The van der Waals surface area contributed by atoms with Gasteiger partial charge in [-0.15, -0.1) is 0 Å². The van der Waals surface area contributed by atoms with Crippen LogP contribution in [0.3, 0.4) is 0 Å². The molecule has 3 nitrogen and oxygen atoms in total. The summed E-state index contributed by atoms with van der Waals surface area (Å²) in [7, 11) is 0. The summed E-state index contributed by atoms with van der Waals surface area (Å²) in [6.45, 7) is 0. The lowest BCUT2D eigenvalue weighted by molar-refractivity contribution is -0.0452. The highest BCUT2D eigenvalue weighted by molar-refractivity contribution is 6.09. The van der Waals surface area contributed by atoms with E-state index in [1.54, 1.807) is 0 Å². The van der Waals surface area contributed by atoms with Crippen molar-refractivity contribution in [1.29, 1.82) is 0 Å². The van der Waals surface area contributed by atoms with E-state index in [0.29, 0.717) is 11.8 Å². The maximum atomic E-state index is 6.98. The van der Waals surface area contributed by atoms with Gasteiger partial charge in [0.15, 0.2) is 0 Å². The molecule has 0 saturated heterocycles. The predicted octanol–water partition coefficient (Wildman–Crippen LogP) is 15.4. The molecule has 61 heavy (non-hydrogen) atoms. The van der Waals surface area contributed by atoms with Crippen LogP contribution in [0.15, 0.2) is 194 Å². The van der Waals surface area contributed by atoms with Crippen LogP contribution in [0.2, 0.25) is 0 Å². The van der Waals surface area contributed by atoms with Gasteiger partial charge in [0.05, 0.1) is 11.0 Å². The second-order valence-electron chi connectivity index (χ2n) is 18.2. The quantitative estimate of drug-likeness (QED) is 0.167. The molecule has 2 heterocycles. The molecule has 0 radical (unpaired) electrons. The van der Waals surface area contributed by atoms with E-state index in [4.69, 9.17) is 4.74 Å². The van der Waals surface area contributed by atoms with Gasteiger partial charge in [-0.3, -0.25) is 0 Å². The molecule has 0 atom stereocenters. The fourth-order valence-corrected chi connectivity index (χ4v) is 12.7. The van der Waals surface area contributed by atoms with Gasteiger partial charge >= 0.3 is 0 Å². The van der Waals surface area contributed by atoms with Crippen molar-refractivity contribution < 1.29 is 4.74 Å². The maximum Gasteiger partial charge on any atom is 0.133 e. The summed E-state index contributed by atoms with van der Waals surface area (Å²) in [5.41, 5.74) is 14.6. The molecule has 4 aliphatic carbocycles. The molecule has 4 bridgehead atoms. The summed E-state index contributed by atoms with van der Waals surface area (Å²) in [6.07, 6.45) is 6.82. The third-order valence-electron chi connectivity index (χ3n) is 15.0. The lowest BCUT2D eigenvalue weighted by Gasteiger charge is -2.63. The number of aromatic nitrogens is 1. The van der Waals surface area contributed by atoms with Crippen LogP contribution in [0.1, 0.15) is 43.2 Å². The van der Waals surface area contributed by atoms with Crippen LogP contribution in [0.5, 0.6) is 11.5 Å². The lowest BCUT2D eigenvalue weighted by Crippen LogP contribution is -2.56.